The van der Waals surface area contributed by atoms with Crippen LogP contribution >= 0.6 is 0 Å². The van der Waals surface area contributed by atoms with E-state index in [2.05, 4.69) is 10.3 Å². The van der Waals surface area contributed by atoms with Crippen LogP contribution in [0, 0.1) is 0 Å². The Morgan fingerprint density at radius 1 is 1.30 bits per heavy atom. The molecule has 0 aliphatic carbocycles. The van der Waals surface area contributed by atoms with Crippen molar-refractivity contribution in [3.63, 3.8) is 0 Å². The Morgan fingerprint density at radius 2 is 2.15 bits per heavy atom. The summed E-state index contributed by atoms with van der Waals surface area (Å²) in [5.41, 5.74) is 0.853. The van der Waals surface area contributed by atoms with Crippen LogP contribution in [0.1, 0.15) is 6.42 Å². The van der Waals surface area contributed by atoms with Crippen molar-refractivity contribution in [1.29, 1.82) is 0 Å². The van der Waals surface area contributed by atoms with Crippen molar-refractivity contribution in [1.82, 2.24) is 10.3 Å². The van der Waals surface area contributed by atoms with Crippen LogP contribution in [-0.4, -0.2) is 35.1 Å². The summed E-state index contributed by atoms with van der Waals surface area (Å²) in [4.78, 5) is 25.9. The maximum Gasteiger partial charge on any atom is 0.305 e. The fourth-order valence-corrected chi connectivity index (χ4v) is 1.65. The number of nitrogens with zero attached hydrogens (tertiary/aromatic N) is 1. The zero-order chi connectivity index (χ0) is 14.4. The Balaban J connectivity index is 1.86. The average molecular weight is 274 g/mol. The number of carboxylic acids is 1. The van der Waals surface area contributed by atoms with Gasteiger partial charge in [0.2, 0.25) is 0 Å². The molecular weight excluding hydrogens is 260 g/mol. The van der Waals surface area contributed by atoms with E-state index >= 15 is 0 Å². The first-order valence-corrected chi connectivity index (χ1v) is 6.11. The van der Waals surface area contributed by atoms with E-state index in [9.17, 15) is 9.59 Å². The number of hydrogen-bond acceptors (Lipinski definition) is 4. The maximum atomic E-state index is 11.4. The average Bonchev–Trinajstić information content (AvgIpc) is 2.44. The second kappa shape index (κ2) is 6.51. The van der Waals surface area contributed by atoms with E-state index in [0.29, 0.717) is 5.75 Å². The third kappa shape index (κ3) is 3.94. The summed E-state index contributed by atoms with van der Waals surface area (Å²) in [6, 6.07) is 9.08. The number of carboxylic acid groups (broad SMARTS) is 1. The van der Waals surface area contributed by atoms with E-state index in [1.54, 1.807) is 18.3 Å². The van der Waals surface area contributed by atoms with Gasteiger partial charge in [0.1, 0.15) is 5.75 Å². The first-order valence-electron chi connectivity index (χ1n) is 6.11. The van der Waals surface area contributed by atoms with E-state index in [4.69, 9.17) is 9.84 Å². The molecule has 0 fully saturated rings. The van der Waals surface area contributed by atoms with Gasteiger partial charge >= 0.3 is 5.97 Å². The molecule has 1 aromatic carbocycles. The first-order chi connectivity index (χ1) is 9.65. The molecule has 0 saturated heterocycles. The third-order valence-electron chi connectivity index (χ3n) is 2.61. The molecule has 20 heavy (non-hydrogen) atoms. The van der Waals surface area contributed by atoms with Gasteiger partial charge in [0.05, 0.1) is 11.9 Å². The molecule has 0 aliphatic rings. The number of benzene rings is 1. The van der Waals surface area contributed by atoms with Crippen LogP contribution in [0.4, 0.5) is 0 Å². The molecule has 2 rings (SSSR count). The lowest BCUT2D eigenvalue weighted by Crippen LogP contribution is -2.30. The Labute approximate surface area is 115 Å². The number of nitrogens with one attached hydrogen (secondary N) is 1. The highest BCUT2D eigenvalue weighted by molar-refractivity contribution is 5.80. The van der Waals surface area contributed by atoms with Crippen LogP contribution in [0.2, 0.25) is 0 Å². The largest absolute Gasteiger partial charge is 0.484 e. The predicted molar refractivity (Wildman–Crippen MR) is 72.5 cm³/mol. The fraction of sp³-hybridized carbons (Fsp3) is 0.214. The van der Waals surface area contributed by atoms with Gasteiger partial charge in [-0.2, -0.15) is 0 Å². The van der Waals surface area contributed by atoms with Gasteiger partial charge < -0.3 is 15.2 Å². The zero-order valence-electron chi connectivity index (χ0n) is 10.7. The summed E-state index contributed by atoms with van der Waals surface area (Å²) in [5, 5.41) is 11.8. The molecule has 104 valence electrons. The van der Waals surface area contributed by atoms with Crippen molar-refractivity contribution in [3.05, 3.63) is 36.5 Å². The van der Waals surface area contributed by atoms with Crippen molar-refractivity contribution < 1.29 is 19.4 Å². The molecule has 0 radical (unpaired) electrons. The molecule has 0 atom stereocenters. The number of aliphatic carboxylic acids is 1. The Kier molecular flexibility index (Phi) is 4.49. The van der Waals surface area contributed by atoms with Crippen LogP contribution in [0.15, 0.2) is 36.5 Å². The summed E-state index contributed by atoms with van der Waals surface area (Å²) in [5.74, 6) is -0.732. The molecule has 6 heteroatoms. The van der Waals surface area contributed by atoms with Gasteiger partial charge in [-0.15, -0.1) is 0 Å². The van der Waals surface area contributed by atoms with Gasteiger partial charge in [-0.1, -0.05) is 6.07 Å². The third-order valence-corrected chi connectivity index (χ3v) is 2.61. The summed E-state index contributed by atoms with van der Waals surface area (Å²) in [6.07, 6.45) is 1.60. The van der Waals surface area contributed by atoms with Gasteiger partial charge in [0.25, 0.3) is 5.91 Å². The second-order valence-corrected chi connectivity index (χ2v) is 4.14. The molecule has 0 aliphatic heterocycles. The van der Waals surface area contributed by atoms with Gasteiger partial charge in [-0.25, -0.2) is 0 Å². The number of rotatable bonds is 6. The molecule has 2 aromatic rings. The van der Waals surface area contributed by atoms with E-state index in [1.165, 1.54) is 0 Å². The van der Waals surface area contributed by atoms with Crippen molar-refractivity contribution >= 4 is 22.8 Å². The second-order valence-electron chi connectivity index (χ2n) is 4.14. The highest BCUT2D eigenvalue weighted by Gasteiger charge is 2.04. The van der Waals surface area contributed by atoms with Crippen molar-refractivity contribution in [2.75, 3.05) is 13.2 Å². The molecule has 1 amide bonds. The molecule has 6 nitrogen and oxygen atoms in total. The number of amides is 1. The summed E-state index contributed by atoms with van der Waals surface area (Å²) >= 11 is 0. The first kappa shape index (κ1) is 13.8. The van der Waals surface area contributed by atoms with Crippen molar-refractivity contribution in [2.24, 2.45) is 0 Å². The quantitative estimate of drug-likeness (QED) is 0.826. The van der Waals surface area contributed by atoms with Gasteiger partial charge in [0.15, 0.2) is 6.61 Å². The maximum absolute atomic E-state index is 11.4. The highest BCUT2D eigenvalue weighted by Crippen LogP contribution is 2.18. The minimum Gasteiger partial charge on any atom is -0.484 e. The minimum atomic E-state index is -0.951. The molecular formula is C14H14N2O4. The standard InChI is InChI=1S/C14H14N2O4/c17-13(16-7-5-14(18)19)9-20-11-3-4-12-10(8-11)2-1-6-15-12/h1-4,6,8H,5,7,9H2,(H,16,17)(H,18,19). The SMILES string of the molecule is O=C(O)CCNC(=O)COc1ccc2ncccc2c1. The summed E-state index contributed by atoms with van der Waals surface area (Å²) in [6.45, 7) is -0.0510. The summed E-state index contributed by atoms with van der Waals surface area (Å²) in [7, 11) is 0. The van der Waals surface area contributed by atoms with Crippen LogP contribution in [0.25, 0.3) is 10.9 Å². The van der Waals surface area contributed by atoms with Gasteiger partial charge in [-0.3, -0.25) is 14.6 Å². The monoisotopic (exact) mass is 274 g/mol. The normalized spacial score (nSPS) is 10.2. The van der Waals surface area contributed by atoms with E-state index in [1.807, 2.05) is 18.2 Å². The molecule has 2 N–H and O–H groups in total. The lowest BCUT2D eigenvalue weighted by molar-refractivity contribution is -0.137. The number of carbonyl (C=O) groups excluding carboxylic acids is 1. The van der Waals surface area contributed by atoms with E-state index in [0.717, 1.165) is 10.9 Å². The molecule has 0 unspecified atom stereocenters. The number of fused-ring (bicyclic) bond motifs is 1. The minimum absolute atomic E-state index is 0.0964. The number of carbonyl (C=O) groups is 2. The fourth-order valence-electron chi connectivity index (χ4n) is 1.65. The van der Waals surface area contributed by atoms with E-state index in [-0.39, 0.29) is 25.5 Å². The van der Waals surface area contributed by atoms with Crippen LogP contribution in [0.5, 0.6) is 5.75 Å². The Hall–Kier alpha value is -2.63. The molecule has 1 heterocycles. The molecule has 0 saturated carbocycles. The summed E-state index contributed by atoms with van der Waals surface area (Å²) < 4.78 is 5.35. The van der Waals surface area contributed by atoms with Crippen LogP contribution in [-0.2, 0) is 9.59 Å². The number of aromatic nitrogens is 1. The Bertz CT molecular complexity index is 627. The highest BCUT2D eigenvalue weighted by atomic mass is 16.5. The van der Waals surface area contributed by atoms with Crippen molar-refractivity contribution in [3.8, 4) is 5.75 Å². The van der Waals surface area contributed by atoms with Crippen molar-refractivity contribution in [2.45, 2.75) is 6.42 Å². The van der Waals surface area contributed by atoms with Gasteiger partial charge in [-0.05, 0) is 24.3 Å². The van der Waals surface area contributed by atoms with E-state index < -0.39 is 5.97 Å². The molecule has 0 bridgehead atoms. The Morgan fingerprint density at radius 3 is 2.95 bits per heavy atom. The van der Waals surface area contributed by atoms with Gasteiger partial charge in [0, 0.05) is 18.1 Å². The topological polar surface area (TPSA) is 88.5 Å². The zero-order valence-corrected chi connectivity index (χ0v) is 10.7. The van der Waals surface area contributed by atoms with Crippen LogP contribution in [0.3, 0.4) is 0 Å². The predicted octanol–water partition coefficient (Wildman–Crippen LogP) is 1.20. The lowest BCUT2D eigenvalue weighted by atomic mass is 10.2. The number of pyridine rings is 1. The molecule has 0 spiro atoms. The molecule has 1 aromatic heterocycles. The number of hydrogen-bond donors (Lipinski definition) is 2. The smallest absolute Gasteiger partial charge is 0.305 e. The number of ether oxygens (including phenoxy) is 1. The lowest BCUT2D eigenvalue weighted by Gasteiger charge is -2.07. The van der Waals surface area contributed by atoms with Crippen LogP contribution < -0.4 is 10.1 Å².